The fourth-order valence-corrected chi connectivity index (χ4v) is 1.90. The number of benzene rings is 1. The van der Waals surface area contributed by atoms with Gasteiger partial charge in [-0.15, -0.1) is 0 Å². The van der Waals surface area contributed by atoms with E-state index in [2.05, 4.69) is 5.32 Å². The van der Waals surface area contributed by atoms with Gasteiger partial charge < -0.3 is 11.1 Å². The topological polar surface area (TPSA) is 98.3 Å². The number of aryl methyl sites for hydroxylation is 1. The van der Waals surface area contributed by atoms with E-state index in [9.17, 15) is 14.9 Å². The van der Waals surface area contributed by atoms with Crippen LogP contribution in [0, 0.1) is 16.0 Å². The van der Waals surface area contributed by atoms with Gasteiger partial charge in [0.15, 0.2) is 0 Å². The van der Waals surface area contributed by atoms with Gasteiger partial charge in [0, 0.05) is 25.1 Å². The first-order valence-corrected chi connectivity index (χ1v) is 7.03. The van der Waals surface area contributed by atoms with Crippen LogP contribution in [0.2, 0.25) is 0 Å². The molecule has 0 saturated carbocycles. The van der Waals surface area contributed by atoms with Gasteiger partial charge in [-0.3, -0.25) is 14.9 Å². The Bertz CT molecular complexity index is 517. The summed E-state index contributed by atoms with van der Waals surface area (Å²) in [4.78, 5) is 22.3. The van der Waals surface area contributed by atoms with Crippen LogP contribution in [-0.2, 0) is 11.2 Å². The van der Waals surface area contributed by atoms with Gasteiger partial charge in [-0.2, -0.15) is 0 Å². The molecule has 116 valence electrons. The molecule has 0 radical (unpaired) electrons. The van der Waals surface area contributed by atoms with Gasteiger partial charge in [-0.05, 0) is 24.8 Å². The Labute approximate surface area is 124 Å². The maximum absolute atomic E-state index is 12.0. The van der Waals surface area contributed by atoms with Crippen molar-refractivity contribution in [3.05, 3.63) is 39.9 Å². The van der Waals surface area contributed by atoms with E-state index in [4.69, 9.17) is 5.73 Å². The Kier molecular flexibility index (Phi) is 5.84. The average Bonchev–Trinajstić information content (AvgIpc) is 2.45. The Morgan fingerprint density at radius 2 is 2.14 bits per heavy atom. The standard InChI is InChI=1S/C15H23N3O3/c1-11(2)15(3,10-16)17-14(19)8-7-12-5-4-6-13(9-12)18(20)21/h4-6,9,11H,7-8,10,16H2,1-3H3,(H,17,19). The number of nitrogens with one attached hydrogen (secondary N) is 1. The number of hydrogen-bond donors (Lipinski definition) is 2. The van der Waals surface area contributed by atoms with E-state index in [-0.39, 0.29) is 23.9 Å². The first-order valence-electron chi connectivity index (χ1n) is 7.03. The molecule has 3 N–H and O–H groups in total. The van der Waals surface area contributed by atoms with Crippen molar-refractivity contribution in [2.45, 2.75) is 39.2 Å². The van der Waals surface area contributed by atoms with Gasteiger partial charge in [-0.1, -0.05) is 26.0 Å². The molecule has 0 spiro atoms. The lowest BCUT2D eigenvalue weighted by Gasteiger charge is -2.33. The molecule has 1 aromatic rings. The quantitative estimate of drug-likeness (QED) is 0.593. The van der Waals surface area contributed by atoms with Gasteiger partial charge >= 0.3 is 0 Å². The highest BCUT2D eigenvalue weighted by atomic mass is 16.6. The summed E-state index contributed by atoms with van der Waals surface area (Å²) in [6.07, 6.45) is 0.746. The zero-order valence-corrected chi connectivity index (χ0v) is 12.8. The lowest BCUT2D eigenvalue weighted by molar-refractivity contribution is -0.384. The zero-order valence-electron chi connectivity index (χ0n) is 12.8. The minimum absolute atomic E-state index is 0.0434. The molecule has 0 aliphatic carbocycles. The second-order valence-corrected chi connectivity index (χ2v) is 5.75. The third-order valence-electron chi connectivity index (χ3n) is 3.89. The van der Waals surface area contributed by atoms with Crippen LogP contribution in [0.25, 0.3) is 0 Å². The lowest BCUT2D eigenvalue weighted by atomic mass is 9.88. The van der Waals surface area contributed by atoms with Crippen molar-refractivity contribution in [1.82, 2.24) is 5.32 Å². The van der Waals surface area contributed by atoms with Gasteiger partial charge in [0.05, 0.1) is 10.5 Å². The Hall–Kier alpha value is -1.95. The molecule has 0 aliphatic rings. The molecule has 6 heteroatoms. The molecule has 1 amide bonds. The monoisotopic (exact) mass is 293 g/mol. The van der Waals surface area contributed by atoms with E-state index in [1.54, 1.807) is 12.1 Å². The van der Waals surface area contributed by atoms with Crippen LogP contribution < -0.4 is 11.1 Å². The van der Waals surface area contributed by atoms with Gasteiger partial charge in [0.25, 0.3) is 5.69 Å². The van der Waals surface area contributed by atoms with Crippen LogP contribution in [0.1, 0.15) is 32.8 Å². The van der Waals surface area contributed by atoms with E-state index < -0.39 is 10.5 Å². The summed E-state index contributed by atoms with van der Waals surface area (Å²) < 4.78 is 0. The molecule has 1 rings (SSSR count). The number of nitro benzene ring substituents is 1. The van der Waals surface area contributed by atoms with Gasteiger partial charge in [0.2, 0.25) is 5.91 Å². The molecule has 6 nitrogen and oxygen atoms in total. The van der Waals surface area contributed by atoms with Gasteiger partial charge in [-0.25, -0.2) is 0 Å². The predicted octanol–water partition coefficient (Wildman–Crippen LogP) is 2.02. The van der Waals surface area contributed by atoms with Crippen molar-refractivity contribution in [3.63, 3.8) is 0 Å². The summed E-state index contributed by atoms with van der Waals surface area (Å²) in [5.74, 6) is 0.132. The molecule has 1 atom stereocenters. The lowest BCUT2D eigenvalue weighted by Crippen LogP contribution is -2.55. The first-order chi connectivity index (χ1) is 9.78. The normalized spacial score (nSPS) is 13.8. The number of amides is 1. The predicted molar refractivity (Wildman–Crippen MR) is 81.9 cm³/mol. The van der Waals surface area contributed by atoms with Crippen LogP contribution in [0.3, 0.4) is 0 Å². The summed E-state index contributed by atoms with van der Waals surface area (Å²) in [6.45, 7) is 6.30. The number of non-ortho nitro benzene ring substituents is 1. The van der Waals surface area contributed by atoms with E-state index in [0.717, 1.165) is 5.56 Å². The van der Waals surface area contributed by atoms with Crippen LogP contribution in [-0.4, -0.2) is 22.9 Å². The van der Waals surface area contributed by atoms with E-state index in [1.165, 1.54) is 12.1 Å². The highest BCUT2D eigenvalue weighted by Crippen LogP contribution is 2.17. The fourth-order valence-electron chi connectivity index (χ4n) is 1.90. The molecule has 0 aromatic heterocycles. The molecule has 21 heavy (non-hydrogen) atoms. The highest BCUT2D eigenvalue weighted by molar-refractivity contribution is 5.77. The number of hydrogen-bond acceptors (Lipinski definition) is 4. The molecule has 0 saturated heterocycles. The first kappa shape index (κ1) is 17.1. The van der Waals surface area contributed by atoms with Crippen molar-refractivity contribution < 1.29 is 9.72 Å². The maximum Gasteiger partial charge on any atom is 0.269 e. The number of nitrogens with two attached hydrogens (primary N) is 1. The second kappa shape index (κ2) is 7.17. The molecular weight excluding hydrogens is 270 g/mol. The Morgan fingerprint density at radius 3 is 2.67 bits per heavy atom. The second-order valence-electron chi connectivity index (χ2n) is 5.75. The van der Waals surface area contributed by atoms with Crippen LogP contribution in [0.15, 0.2) is 24.3 Å². The van der Waals surface area contributed by atoms with Crippen molar-refractivity contribution in [2.24, 2.45) is 11.7 Å². The molecule has 1 unspecified atom stereocenters. The number of rotatable bonds is 7. The number of carbonyl (C=O) groups is 1. The van der Waals surface area contributed by atoms with Crippen molar-refractivity contribution in [2.75, 3.05) is 6.54 Å². The summed E-state index contributed by atoms with van der Waals surface area (Å²) in [5.41, 5.74) is 6.12. The molecule has 0 heterocycles. The minimum Gasteiger partial charge on any atom is -0.349 e. The smallest absolute Gasteiger partial charge is 0.269 e. The van der Waals surface area contributed by atoms with Crippen LogP contribution in [0.5, 0.6) is 0 Å². The maximum atomic E-state index is 12.0. The summed E-state index contributed by atoms with van der Waals surface area (Å²) >= 11 is 0. The minimum atomic E-state index is -0.437. The molecule has 0 bridgehead atoms. The largest absolute Gasteiger partial charge is 0.349 e. The van der Waals surface area contributed by atoms with E-state index in [0.29, 0.717) is 13.0 Å². The molecule has 1 aromatic carbocycles. The van der Waals surface area contributed by atoms with Crippen molar-refractivity contribution in [1.29, 1.82) is 0 Å². The third-order valence-corrected chi connectivity index (χ3v) is 3.89. The van der Waals surface area contributed by atoms with E-state index >= 15 is 0 Å². The number of nitrogens with zero attached hydrogens (tertiary/aromatic N) is 1. The third kappa shape index (κ3) is 4.82. The highest BCUT2D eigenvalue weighted by Gasteiger charge is 2.28. The molecule has 0 aliphatic heterocycles. The van der Waals surface area contributed by atoms with Crippen LogP contribution in [0.4, 0.5) is 5.69 Å². The van der Waals surface area contributed by atoms with Crippen molar-refractivity contribution in [3.8, 4) is 0 Å². The van der Waals surface area contributed by atoms with Gasteiger partial charge in [0.1, 0.15) is 0 Å². The SMILES string of the molecule is CC(C)C(C)(CN)NC(=O)CCc1cccc([N+](=O)[O-])c1. The summed E-state index contributed by atoms with van der Waals surface area (Å²) in [6, 6.07) is 6.35. The summed E-state index contributed by atoms with van der Waals surface area (Å²) in [5, 5.41) is 13.7. The zero-order chi connectivity index (χ0) is 16.0. The number of carbonyl (C=O) groups excluding carboxylic acids is 1. The van der Waals surface area contributed by atoms with E-state index in [1.807, 2.05) is 20.8 Å². The van der Waals surface area contributed by atoms with Crippen LogP contribution >= 0.6 is 0 Å². The Balaban J connectivity index is 2.61. The number of nitro groups is 1. The summed E-state index contributed by atoms with van der Waals surface area (Å²) in [7, 11) is 0. The fraction of sp³-hybridized carbons (Fsp3) is 0.533. The average molecular weight is 293 g/mol. The molecular formula is C15H23N3O3. The Morgan fingerprint density at radius 1 is 1.48 bits per heavy atom. The molecule has 0 fully saturated rings. The van der Waals surface area contributed by atoms with Crippen molar-refractivity contribution >= 4 is 11.6 Å².